The summed E-state index contributed by atoms with van der Waals surface area (Å²) in [6.45, 7) is 4.60. The quantitative estimate of drug-likeness (QED) is 0.839. The minimum Gasteiger partial charge on any atom is -0.484 e. The van der Waals surface area contributed by atoms with E-state index in [1.54, 1.807) is 12.1 Å². The molecule has 0 bridgehead atoms. The summed E-state index contributed by atoms with van der Waals surface area (Å²) in [7, 11) is 0. The molecular weight excluding hydrogens is 241 g/mol. The molecule has 0 saturated carbocycles. The fourth-order valence-electron chi connectivity index (χ4n) is 1.83. The van der Waals surface area contributed by atoms with Gasteiger partial charge < -0.3 is 10.5 Å². The average Bonchev–Trinajstić information content (AvgIpc) is 2.38. The smallest absolute Gasteiger partial charge is 0.178 e. The van der Waals surface area contributed by atoms with Crippen LogP contribution in [0, 0.1) is 5.82 Å². The third-order valence-electron chi connectivity index (χ3n) is 3.03. The number of ether oxygens (including phenoxy) is 1. The van der Waals surface area contributed by atoms with Crippen LogP contribution in [0.4, 0.5) is 10.1 Å². The molecule has 0 atom stereocenters. The van der Waals surface area contributed by atoms with Crippen LogP contribution < -0.4 is 10.5 Å². The van der Waals surface area contributed by atoms with E-state index in [4.69, 9.17) is 10.5 Å². The van der Waals surface area contributed by atoms with E-state index in [-0.39, 0.29) is 5.75 Å². The van der Waals surface area contributed by atoms with Crippen molar-refractivity contribution < 1.29 is 9.13 Å². The van der Waals surface area contributed by atoms with Gasteiger partial charge in [0, 0.05) is 0 Å². The van der Waals surface area contributed by atoms with Crippen molar-refractivity contribution in [1.29, 1.82) is 0 Å². The lowest BCUT2D eigenvalue weighted by atomic mass is 10.0. The average molecular weight is 259 g/mol. The topological polar surface area (TPSA) is 35.2 Å². The number of hydrogen-bond donors (Lipinski definition) is 1. The Bertz CT molecular complexity index is 529. The summed E-state index contributed by atoms with van der Waals surface area (Å²) in [4.78, 5) is 0. The fourth-order valence-corrected chi connectivity index (χ4v) is 1.83. The summed E-state index contributed by atoms with van der Waals surface area (Å²) >= 11 is 0. The molecule has 2 N–H and O–H groups in total. The molecule has 0 aliphatic carbocycles. The zero-order chi connectivity index (χ0) is 13.8. The maximum atomic E-state index is 13.5. The molecule has 0 spiro atoms. The Balaban J connectivity index is 2.06. The van der Waals surface area contributed by atoms with Crippen molar-refractivity contribution in [3.05, 3.63) is 59.4 Å². The molecule has 0 aliphatic heterocycles. The van der Waals surface area contributed by atoms with E-state index < -0.39 is 5.82 Å². The van der Waals surface area contributed by atoms with Gasteiger partial charge in [0.15, 0.2) is 11.6 Å². The summed E-state index contributed by atoms with van der Waals surface area (Å²) in [5.41, 5.74) is 8.27. The molecule has 0 saturated heterocycles. The standard InChI is InChI=1S/C16H18FNO/c1-11(2)13-8-6-12(7-9-13)10-19-16-14(17)4-3-5-15(16)18/h3-9,11H,10,18H2,1-2H3. The third-order valence-corrected chi connectivity index (χ3v) is 3.03. The number of benzene rings is 2. The minimum atomic E-state index is -0.432. The van der Waals surface area contributed by atoms with Crippen molar-refractivity contribution in [3.63, 3.8) is 0 Å². The summed E-state index contributed by atoms with van der Waals surface area (Å²) in [6, 6.07) is 12.6. The molecule has 0 aliphatic rings. The van der Waals surface area contributed by atoms with Gasteiger partial charge in [-0.05, 0) is 29.2 Å². The molecule has 100 valence electrons. The molecule has 2 aromatic rings. The number of nitrogen functional groups attached to an aromatic ring is 1. The van der Waals surface area contributed by atoms with Crippen molar-refractivity contribution in [2.75, 3.05) is 5.73 Å². The molecule has 2 aromatic carbocycles. The number of halogens is 1. The minimum absolute atomic E-state index is 0.121. The van der Waals surface area contributed by atoms with Crippen LogP contribution >= 0.6 is 0 Å². The SMILES string of the molecule is CC(C)c1ccc(COc2c(N)cccc2F)cc1. The third kappa shape index (κ3) is 3.25. The molecule has 0 amide bonds. The fraction of sp³-hybridized carbons (Fsp3) is 0.250. The predicted molar refractivity (Wildman–Crippen MR) is 75.7 cm³/mol. The Morgan fingerprint density at radius 1 is 1.11 bits per heavy atom. The lowest BCUT2D eigenvalue weighted by Gasteiger charge is -2.11. The number of rotatable bonds is 4. The largest absolute Gasteiger partial charge is 0.484 e. The van der Waals surface area contributed by atoms with Crippen LogP contribution in [0.3, 0.4) is 0 Å². The molecule has 0 fully saturated rings. The summed E-state index contributed by atoms with van der Waals surface area (Å²) in [5.74, 6) is 0.186. The van der Waals surface area contributed by atoms with E-state index in [0.717, 1.165) is 5.56 Å². The van der Waals surface area contributed by atoms with Crippen molar-refractivity contribution >= 4 is 5.69 Å². The lowest BCUT2D eigenvalue weighted by Crippen LogP contribution is -2.01. The Kier molecular flexibility index (Phi) is 4.05. The highest BCUT2D eigenvalue weighted by atomic mass is 19.1. The van der Waals surface area contributed by atoms with Crippen LogP contribution in [-0.4, -0.2) is 0 Å². The zero-order valence-electron chi connectivity index (χ0n) is 11.2. The normalized spacial score (nSPS) is 10.7. The van der Waals surface area contributed by atoms with Gasteiger partial charge in [0.05, 0.1) is 5.69 Å². The number of para-hydroxylation sites is 1. The van der Waals surface area contributed by atoms with E-state index in [0.29, 0.717) is 18.2 Å². The maximum absolute atomic E-state index is 13.5. The van der Waals surface area contributed by atoms with Gasteiger partial charge in [0.25, 0.3) is 0 Å². The van der Waals surface area contributed by atoms with Crippen LogP contribution in [0.25, 0.3) is 0 Å². The maximum Gasteiger partial charge on any atom is 0.178 e. The predicted octanol–water partition coefficient (Wildman–Crippen LogP) is 4.11. The molecule has 0 radical (unpaired) electrons. The summed E-state index contributed by atoms with van der Waals surface area (Å²) in [5, 5.41) is 0. The van der Waals surface area contributed by atoms with Gasteiger partial charge in [-0.25, -0.2) is 4.39 Å². The van der Waals surface area contributed by atoms with Gasteiger partial charge in [-0.2, -0.15) is 0 Å². The zero-order valence-corrected chi connectivity index (χ0v) is 11.2. The monoisotopic (exact) mass is 259 g/mol. The molecule has 2 nitrogen and oxygen atoms in total. The van der Waals surface area contributed by atoms with Gasteiger partial charge in [-0.15, -0.1) is 0 Å². The Morgan fingerprint density at radius 2 is 1.79 bits per heavy atom. The molecule has 3 heteroatoms. The molecule has 0 aromatic heterocycles. The van der Waals surface area contributed by atoms with E-state index in [1.165, 1.54) is 11.6 Å². The lowest BCUT2D eigenvalue weighted by molar-refractivity contribution is 0.292. The van der Waals surface area contributed by atoms with E-state index in [9.17, 15) is 4.39 Å². The van der Waals surface area contributed by atoms with E-state index in [1.807, 2.05) is 12.1 Å². The number of nitrogens with two attached hydrogens (primary N) is 1. The van der Waals surface area contributed by atoms with E-state index in [2.05, 4.69) is 26.0 Å². The molecule has 19 heavy (non-hydrogen) atoms. The molecule has 0 heterocycles. The van der Waals surface area contributed by atoms with Crippen LogP contribution in [0.1, 0.15) is 30.9 Å². The van der Waals surface area contributed by atoms with Crippen molar-refractivity contribution in [1.82, 2.24) is 0 Å². The van der Waals surface area contributed by atoms with Gasteiger partial charge >= 0.3 is 0 Å². The van der Waals surface area contributed by atoms with Crippen LogP contribution in [-0.2, 0) is 6.61 Å². The summed E-state index contributed by atoms with van der Waals surface area (Å²) < 4.78 is 19.0. The van der Waals surface area contributed by atoms with E-state index >= 15 is 0 Å². The first-order valence-electron chi connectivity index (χ1n) is 6.33. The number of hydrogen-bond acceptors (Lipinski definition) is 2. The first kappa shape index (κ1) is 13.4. The van der Waals surface area contributed by atoms with Crippen LogP contribution in [0.2, 0.25) is 0 Å². The highest BCUT2D eigenvalue weighted by molar-refractivity contribution is 5.52. The molecule has 0 unspecified atom stereocenters. The van der Waals surface area contributed by atoms with Crippen molar-refractivity contribution in [2.24, 2.45) is 0 Å². The highest BCUT2D eigenvalue weighted by Crippen LogP contribution is 2.25. The second-order valence-electron chi connectivity index (χ2n) is 4.84. The Hall–Kier alpha value is -2.03. The van der Waals surface area contributed by atoms with Gasteiger partial charge in [-0.1, -0.05) is 44.2 Å². The van der Waals surface area contributed by atoms with Crippen LogP contribution in [0.5, 0.6) is 5.75 Å². The Labute approximate surface area is 113 Å². The van der Waals surface area contributed by atoms with Crippen molar-refractivity contribution in [3.8, 4) is 5.75 Å². The van der Waals surface area contributed by atoms with Crippen LogP contribution in [0.15, 0.2) is 42.5 Å². The second-order valence-corrected chi connectivity index (χ2v) is 4.84. The van der Waals surface area contributed by atoms with Gasteiger partial charge in [0.2, 0.25) is 0 Å². The Morgan fingerprint density at radius 3 is 2.37 bits per heavy atom. The first-order chi connectivity index (χ1) is 9.08. The van der Waals surface area contributed by atoms with Gasteiger partial charge in [-0.3, -0.25) is 0 Å². The molecular formula is C16H18FNO. The second kappa shape index (κ2) is 5.74. The summed E-state index contributed by atoms with van der Waals surface area (Å²) in [6.07, 6.45) is 0. The first-order valence-corrected chi connectivity index (χ1v) is 6.33. The number of anilines is 1. The molecule has 2 rings (SSSR count). The van der Waals surface area contributed by atoms with Crippen molar-refractivity contribution in [2.45, 2.75) is 26.4 Å². The highest BCUT2D eigenvalue weighted by Gasteiger charge is 2.07. The van der Waals surface area contributed by atoms with Gasteiger partial charge in [0.1, 0.15) is 6.61 Å².